The van der Waals surface area contributed by atoms with Gasteiger partial charge in [0.15, 0.2) is 23.0 Å². The first-order valence-corrected chi connectivity index (χ1v) is 13.7. The van der Waals surface area contributed by atoms with E-state index in [0.29, 0.717) is 23.7 Å². The molecule has 0 bridgehead atoms. The van der Waals surface area contributed by atoms with Gasteiger partial charge in [-0.1, -0.05) is 48.0 Å². The molecule has 1 heterocycles. The Kier molecular flexibility index (Phi) is 9.11. The van der Waals surface area contributed by atoms with E-state index in [9.17, 15) is 18.8 Å². The van der Waals surface area contributed by atoms with Gasteiger partial charge in [-0.2, -0.15) is 0 Å². The first kappa shape index (κ1) is 30.1. The molecule has 0 aromatic heterocycles. The average molecular weight is 617 g/mol. The van der Waals surface area contributed by atoms with E-state index in [0.717, 1.165) is 28.2 Å². The maximum absolute atomic E-state index is 13.4. The van der Waals surface area contributed by atoms with Gasteiger partial charge in [-0.25, -0.2) is 14.1 Å². The van der Waals surface area contributed by atoms with E-state index < -0.39 is 23.7 Å². The van der Waals surface area contributed by atoms with Crippen molar-refractivity contribution in [2.24, 2.45) is 0 Å². The van der Waals surface area contributed by atoms with Crippen molar-refractivity contribution in [2.45, 2.75) is 13.2 Å². The summed E-state index contributed by atoms with van der Waals surface area (Å²) >= 11 is 6.55. The zero-order chi connectivity index (χ0) is 31.2. The van der Waals surface area contributed by atoms with Crippen molar-refractivity contribution in [3.05, 3.63) is 118 Å². The summed E-state index contributed by atoms with van der Waals surface area (Å²) in [7, 11) is 2.97. The van der Waals surface area contributed by atoms with Gasteiger partial charge in [0.05, 0.1) is 24.9 Å². The van der Waals surface area contributed by atoms with Gasteiger partial charge in [0.2, 0.25) is 0 Å². The fraction of sp³-hybridized carbons (Fsp3) is 0.121. The number of amides is 4. The van der Waals surface area contributed by atoms with E-state index in [1.807, 2.05) is 36.4 Å². The van der Waals surface area contributed by atoms with Gasteiger partial charge in [-0.15, -0.1) is 0 Å². The zero-order valence-corrected chi connectivity index (χ0v) is 24.4. The van der Waals surface area contributed by atoms with Crippen LogP contribution in [0, 0.1) is 5.82 Å². The summed E-state index contributed by atoms with van der Waals surface area (Å²) in [6.07, 6.45) is 1.28. The SMILES string of the molecule is COc1cc(COc2c(Cl)cc(/C=C3\C(=O)NC(=O)N(c4ccc(F)cc4)C3=O)cc2OC)ccc1OCc1ccccc1. The lowest BCUT2D eigenvalue weighted by atomic mass is 10.1. The van der Waals surface area contributed by atoms with Crippen LogP contribution in [0.4, 0.5) is 14.9 Å². The number of barbiturate groups is 1. The molecule has 1 aliphatic rings. The minimum Gasteiger partial charge on any atom is -0.493 e. The number of nitrogens with one attached hydrogen (secondary N) is 1. The van der Waals surface area contributed by atoms with Crippen LogP contribution in [0.15, 0.2) is 90.5 Å². The molecule has 5 rings (SSSR count). The first-order valence-electron chi connectivity index (χ1n) is 13.3. The molecular weight excluding hydrogens is 591 g/mol. The Labute approximate surface area is 257 Å². The number of hydrogen-bond donors (Lipinski definition) is 1. The third-order valence-corrected chi connectivity index (χ3v) is 6.88. The summed E-state index contributed by atoms with van der Waals surface area (Å²) in [5.41, 5.74) is 1.90. The van der Waals surface area contributed by atoms with Crippen LogP contribution in [0.3, 0.4) is 0 Å². The van der Waals surface area contributed by atoms with E-state index in [2.05, 4.69) is 5.32 Å². The number of anilines is 1. The Hall–Kier alpha value is -5.35. The molecule has 1 fully saturated rings. The second-order valence-corrected chi connectivity index (χ2v) is 9.92. The number of halogens is 2. The molecule has 9 nitrogen and oxygen atoms in total. The minimum absolute atomic E-state index is 0.0964. The zero-order valence-electron chi connectivity index (χ0n) is 23.6. The number of carbonyl (C=O) groups is 3. The summed E-state index contributed by atoms with van der Waals surface area (Å²) in [4.78, 5) is 38.9. The van der Waals surface area contributed by atoms with Gasteiger partial charge in [-0.3, -0.25) is 14.9 Å². The van der Waals surface area contributed by atoms with Crippen LogP contribution < -0.4 is 29.2 Å². The number of benzene rings is 4. The first-order chi connectivity index (χ1) is 21.3. The summed E-state index contributed by atoms with van der Waals surface area (Å²) in [6, 6.07) is 22.0. The Bertz CT molecular complexity index is 1740. The molecular formula is C33H26ClFN2O7. The Balaban J connectivity index is 1.33. The molecule has 0 radical (unpaired) electrons. The van der Waals surface area contributed by atoms with E-state index >= 15 is 0 Å². The highest BCUT2D eigenvalue weighted by atomic mass is 35.5. The highest BCUT2D eigenvalue weighted by Gasteiger charge is 2.37. The smallest absolute Gasteiger partial charge is 0.335 e. The lowest BCUT2D eigenvalue weighted by molar-refractivity contribution is -0.122. The van der Waals surface area contributed by atoms with Crippen molar-refractivity contribution in [1.82, 2.24) is 5.32 Å². The fourth-order valence-corrected chi connectivity index (χ4v) is 4.70. The van der Waals surface area contributed by atoms with Crippen molar-refractivity contribution in [3.8, 4) is 23.0 Å². The number of imide groups is 2. The number of methoxy groups -OCH3 is 2. The molecule has 1 saturated heterocycles. The molecule has 0 unspecified atom stereocenters. The molecule has 11 heteroatoms. The second kappa shape index (κ2) is 13.3. The third-order valence-electron chi connectivity index (χ3n) is 6.60. The molecule has 224 valence electrons. The van der Waals surface area contributed by atoms with Gasteiger partial charge in [0.1, 0.15) is 24.6 Å². The maximum Gasteiger partial charge on any atom is 0.335 e. The van der Waals surface area contributed by atoms with Gasteiger partial charge < -0.3 is 18.9 Å². The number of hydrogen-bond acceptors (Lipinski definition) is 7. The predicted molar refractivity (Wildman–Crippen MR) is 162 cm³/mol. The Morgan fingerprint density at radius 1 is 0.795 bits per heavy atom. The lowest BCUT2D eigenvalue weighted by Crippen LogP contribution is -2.54. The van der Waals surface area contributed by atoms with Crippen LogP contribution >= 0.6 is 11.6 Å². The minimum atomic E-state index is -0.949. The Morgan fingerprint density at radius 3 is 2.20 bits per heavy atom. The van der Waals surface area contributed by atoms with Crippen molar-refractivity contribution in [3.63, 3.8) is 0 Å². The molecule has 44 heavy (non-hydrogen) atoms. The largest absolute Gasteiger partial charge is 0.493 e. The molecule has 4 amide bonds. The van der Waals surface area contributed by atoms with Gasteiger partial charge in [-0.05, 0) is 71.3 Å². The highest BCUT2D eigenvalue weighted by molar-refractivity contribution is 6.39. The average Bonchev–Trinajstić information content (AvgIpc) is 3.02. The summed E-state index contributed by atoms with van der Waals surface area (Å²) in [5.74, 6) is -0.723. The van der Waals surface area contributed by atoms with Gasteiger partial charge in [0.25, 0.3) is 11.8 Å². The van der Waals surface area contributed by atoms with Crippen LogP contribution in [0.2, 0.25) is 5.02 Å². The standard InChI is InChI=1S/C33H26ClFN2O7/c1-41-28-16-21(8-13-27(28)43-18-20-6-4-3-5-7-20)19-44-30-26(34)15-22(17-29(30)42-2)14-25-31(38)36-33(40)37(32(25)39)24-11-9-23(35)10-12-24/h3-17H,18-19H2,1-2H3,(H,36,38,40)/b25-14+. The fourth-order valence-electron chi connectivity index (χ4n) is 4.42. The molecule has 4 aromatic rings. The number of nitrogens with zero attached hydrogens (tertiary/aromatic N) is 1. The van der Waals surface area contributed by atoms with E-state index in [1.165, 1.54) is 37.5 Å². The van der Waals surface area contributed by atoms with Crippen molar-refractivity contribution in [2.75, 3.05) is 19.1 Å². The molecule has 0 aliphatic carbocycles. The third kappa shape index (κ3) is 6.66. The van der Waals surface area contributed by atoms with Gasteiger partial charge >= 0.3 is 6.03 Å². The van der Waals surface area contributed by atoms with Crippen molar-refractivity contribution < 1.29 is 37.7 Å². The molecule has 1 N–H and O–H groups in total. The maximum atomic E-state index is 13.4. The number of rotatable bonds is 10. The van der Waals surface area contributed by atoms with E-state index in [-0.39, 0.29) is 34.4 Å². The monoisotopic (exact) mass is 616 g/mol. The van der Waals surface area contributed by atoms with Crippen molar-refractivity contribution in [1.29, 1.82) is 0 Å². The quantitative estimate of drug-likeness (QED) is 0.164. The number of carbonyl (C=O) groups excluding carboxylic acids is 3. The highest BCUT2D eigenvalue weighted by Crippen LogP contribution is 2.38. The summed E-state index contributed by atoms with van der Waals surface area (Å²) < 4.78 is 36.3. The van der Waals surface area contributed by atoms with Crippen LogP contribution in [-0.4, -0.2) is 32.1 Å². The van der Waals surface area contributed by atoms with Crippen LogP contribution in [0.1, 0.15) is 16.7 Å². The molecule has 0 spiro atoms. The van der Waals surface area contributed by atoms with Crippen LogP contribution in [0.25, 0.3) is 6.08 Å². The molecule has 1 aliphatic heterocycles. The molecule has 0 saturated carbocycles. The number of urea groups is 1. The second-order valence-electron chi connectivity index (χ2n) is 9.52. The summed E-state index contributed by atoms with van der Waals surface area (Å²) in [6.45, 7) is 0.498. The van der Waals surface area contributed by atoms with E-state index in [1.54, 1.807) is 19.2 Å². The molecule has 4 aromatic carbocycles. The van der Waals surface area contributed by atoms with Gasteiger partial charge in [0, 0.05) is 0 Å². The van der Waals surface area contributed by atoms with E-state index in [4.69, 9.17) is 30.5 Å². The topological polar surface area (TPSA) is 103 Å². The van der Waals surface area contributed by atoms with Crippen LogP contribution in [0.5, 0.6) is 23.0 Å². The molecule has 0 atom stereocenters. The predicted octanol–water partition coefficient (Wildman–Crippen LogP) is 6.32. The van der Waals surface area contributed by atoms with Crippen molar-refractivity contribution >= 4 is 41.2 Å². The number of ether oxygens (including phenoxy) is 4. The summed E-state index contributed by atoms with van der Waals surface area (Å²) in [5, 5.41) is 2.28. The lowest BCUT2D eigenvalue weighted by Gasteiger charge is -2.26. The normalized spacial score (nSPS) is 14.0. The van der Waals surface area contributed by atoms with Crippen LogP contribution in [-0.2, 0) is 22.8 Å². The Morgan fingerprint density at radius 2 is 1.50 bits per heavy atom.